The molecule has 0 bridgehead atoms. The van der Waals surface area contributed by atoms with Crippen molar-refractivity contribution >= 4 is 17.3 Å². The quantitative estimate of drug-likeness (QED) is 0.743. The van der Waals surface area contributed by atoms with Crippen LogP contribution in [0, 0.1) is 0 Å². The molecule has 7 heteroatoms. The summed E-state index contributed by atoms with van der Waals surface area (Å²) in [5, 5.41) is 14.9. The van der Waals surface area contributed by atoms with E-state index in [1.165, 1.54) is 0 Å². The highest BCUT2D eigenvalue weighted by Crippen LogP contribution is 2.29. The maximum absolute atomic E-state index is 11.6. The average Bonchev–Trinajstić information content (AvgIpc) is 2.73. The van der Waals surface area contributed by atoms with Crippen LogP contribution in [0.1, 0.15) is 22.8 Å². The number of methoxy groups -OCH3 is 1. The molecular weight excluding hydrogens is 360 g/mol. The smallest absolute Gasteiger partial charge is 0.161 e. The van der Waals surface area contributed by atoms with Gasteiger partial charge in [0.15, 0.2) is 11.5 Å². The van der Waals surface area contributed by atoms with E-state index in [4.69, 9.17) is 14.2 Å². The van der Waals surface area contributed by atoms with Crippen LogP contribution in [-0.2, 0) is 11.3 Å². The summed E-state index contributed by atoms with van der Waals surface area (Å²) in [5.74, 6) is 0.176. The summed E-state index contributed by atoms with van der Waals surface area (Å²) in [6.45, 7) is 5.52. The number of aromatic carboxylic acids is 1. The second-order valence-corrected chi connectivity index (χ2v) is 6.39. The fourth-order valence-electron chi connectivity index (χ4n) is 3.19. The predicted molar refractivity (Wildman–Crippen MR) is 105 cm³/mol. The van der Waals surface area contributed by atoms with Gasteiger partial charge in [-0.05, 0) is 42.8 Å². The molecule has 28 heavy (non-hydrogen) atoms. The Hall–Kier alpha value is -2.93. The van der Waals surface area contributed by atoms with Crippen LogP contribution >= 0.6 is 0 Å². The number of carbonyl (C=O) groups is 1. The molecule has 0 aromatic heterocycles. The topological polar surface area (TPSA) is 83.1 Å². The van der Waals surface area contributed by atoms with Crippen LogP contribution in [0.5, 0.6) is 11.5 Å². The first kappa shape index (κ1) is 19.8. The molecule has 0 saturated carbocycles. The van der Waals surface area contributed by atoms with Gasteiger partial charge in [-0.2, -0.15) is 0 Å². The van der Waals surface area contributed by atoms with Crippen LogP contribution < -0.4 is 24.8 Å². The maximum Gasteiger partial charge on any atom is 0.161 e. The average molecular weight is 385 g/mol. The molecule has 1 heterocycles. The second kappa shape index (κ2) is 9.32. The molecule has 3 rings (SSSR count). The number of nitrogens with one attached hydrogen (secondary N) is 1. The minimum absolute atomic E-state index is 0.177. The van der Waals surface area contributed by atoms with Crippen LogP contribution in [0.2, 0.25) is 0 Å². The number of hydrogen-bond donors (Lipinski definition) is 1. The van der Waals surface area contributed by atoms with Gasteiger partial charge in [-0.3, -0.25) is 0 Å². The van der Waals surface area contributed by atoms with Gasteiger partial charge in [0.25, 0.3) is 0 Å². The van der Waals surface area contributed by atoms with Crippen molar-refractivity contribution in [1.82, 2.24) is 0 Å². The molecule has 7 nitrogen and oxygen atoms in total. The molecule has 2 aromatic rings. The van der Waals surface area contributed by atoms with Crippen molar-refractivity contribution in [2.75, 3.05) is 50.2 Å². The number of benzene rings is 2. The third kappa shape index (κ3) is 4.67. The van der Waals surface area contributed by atoms with E-state index >= 15 is 0 Å². The van der Waals surface area contributed by atoms with E-state index in [0.717, 1.165) is 5.56 Å². The number of nitrogens with zero attached hydrogens (tertiary/aromatic N) is 1. The van der Waals surface area contributed by atoms with E-state index < -0.39 is 5.97 Å². The van der Waals surface area contributed by atoms with E-state index in [0.29, 0.717) is 62.3 Å². The van der Waals surface area contributed by atoms with Crippen LogP contribution in [-0.4, -0.2) is 46.0 Å². The molecule has 1 aliphatic rings. The van der Waals surface area contributed by atoms with Gasteiger partial charge >= 0.3 is 0 Å². The molecule has 0 amide bonds. The molecule has 2 aromatic carbocycles. The summed E-state index contributed by atoms with van der Waals surface area (Å²) >= 11 is 0. The van der Waals surface area contributed by atoms with Gasteiger partial charge < -0.3 is 34.3 Å². The lowest BCUT2D eigenvalue weighted by molar-refractivity contribution is -0.254. The fourth-order valence-corrected chi connectivity index (χ4v) is 3.19. The zero-order valence-corrected chi connectivity index (χ0v) is 16.2. The molecule has 0 aliphatic carbocycles. The molecule has 1 N–H and O–H groups in total. The number of carboxylic acids is 1. The number of morpholine rings is 1. The second-order valence-electron chi connectivity index (χ2n) is 6.39. The first-order valence-electron chi connectivity index (χ1n) is 9.34. The van der Waals surface area contributed by atoms with Gasteiger partial charge in [-0.15, -0.1) is 0 Å². The monoisotopic (exact) mass is 385 g/mol. The van der Waals surface area contributed by atoms with E-state index in [1.807, 2.05) is 42.2 Å². The van der Waals surface area contributed by atoms with Crippen LogP contribution in [0.4, 0.5) is 11.4 Å². The standard InChI is InChI=1S/C21H26N2O5/c1-3-28-19-7-4-15(12-20(19)26-2)14-22-16-5-6-18(17(13-16)21(24)25)23-8-10-27-11-9-23/h4-7,12-13,22H,3,8-11,14H2,1-2H3,(H,24,25)/p-1. The zero-order valence-electron chi connectivity index (χ0n) is 16.2. The highest BCUT2D eigenvalue weighted by atomic mass is 16.5. The third-order valence-electron chi connectivity index (χ3n) is 4.59. The molecular formula is C21H25N2O5-. The first-order chi connectivity index (χ1) is 13.6. The highest BCUT2D eigenvalue weighted by molar-refractivity contribution is 5.94. The lowest BCUT2D eigenvalue weighted by Gasteiger charge is -2.31. The number of hydrogen-bond acceptors (Lipinski definition) is 7. The minimum atomic E-state index is -1.19. The number of carboxylic acid groups (broad SMARTS) is 1. The summed E-state index contributed by atoms with van der Waals surface area (Å²) in [5.41, 5.74) is 2.55. The summed E-state index contributed by atoms with van der Waals surface area (Å²) in [6, 6.07) is 11.0. The molecule has 1 aliphatic heterocycles. The first-order valence-corrected chi connectivity index (χ1v) is 9.34. The molecule has 0 unspecified atom stereocenters. The van der Waals surface area contributed by atoms with Gasteiger partial charge in [-0.1, -0.05) is 6.07 Å². The number of ether oxygens (including phenoxy) is 3. The van der Waals surface area contributed by atoms with E-state index in [2.05, 4.69) is 5.32 Å². The van der Waals surface area contributed by atoms with Crippen molar-refractivity contribution in [2.24, 2.45) is 0 Å². The fraction of sp³-hybridized carbons (Fsp3) is 0.381. The SMILES string of the molecule is CCOc1ccc(CNc2ccc(N3CCOCC3)c(C(=O)[O-])c2)cc1OC. The predicted octanol–water partition coefficient (Wildman–Crippen LogP) is 1.91. The van der Waals surface area contributed by atoms with Crippen molar-refractivity contribution in [3.8, 4) is 11.5 Å². The van der Waals surface area contributed by atoms with E-state index in [-0.39, 0.29) is 5.56 Å². The lowest BCUT2D eigenvalue weighted by Crippen LogP contribution is -2.38. The normalized spacial score (nSPS) is 13.9. The highest BCUT2D eigenvalue weighted by Gasteiger charge is 2.16. The van der Waals surface area contributed by atoms with Crippen LogP contribution in [0.3, 0.4) is 0 Å². The van der Waals surface area contributed by atoms with Crippen molar-refractivity contribution < 1.29 is 24.1 Å². The van der Waals surface area contributed by atoms with E-state index in [1.54, 1.807) is 13.2 Å². The Morgan fingerprint density at radius 1 is 1.18 bits per heavy atom. The van der Waals surface area contributed by atoms with Gasteiger partial charge in [-0.25, -0.2) is 0 Å². The molecule has 0 radical (unpaired) electrons. The molecule has 1 fully saturated rings. The summed E-state index contributed by atoms with van der Waals surface area (Å²) in [7, 11) is 1.60. The van der Waals surface area contributed by atoms with Crippen molar-refractivity contribution in [1.29, 1.82) is 0 Å². The van der Waals surface area contributed by atoms with Crippen molar-refractivity contribution in [3.63, 3.8) is 0 Å². The van der Waals surface area contributed by atoms with Gasteiger partial charge in [0, 0.05) is 36.6 Å². The Morgan fingerprint density at radius 3 is 2.64 bits per heavy atom. The maximum atomic E-state index is 11.6. The molecule has 0 atom stereocenters. The van der Waals surface area contributed by atoms with Gasteiger partial charge in [0.1, 0.15) is 0 Å². The number of anilines is 2. The largest absolute Gasteiger partial charge is 0.545 e. The number of carbonyl (C=O) groups excluding carboxylic acids is 1. The Kier molecular flexibility index (Phi) is 6.60. The molecule has 150 valence electrons. The lowest BCUT2D eigenvalue weighted by atomic mass is 10.1. The van der Waals surface area contributed by atoms with Crippen LogP contribution in [0.25, 0.3) is 0 Å². The molecule has 0 spiro atoms. The summed E-state index contributed by atoms with van der Waals surface area (Å²) in [4.78, 5) is 13.7. The third-order valence-corrected chi connectivity index (χ3v) is 4.59. The van der Waals surface area contributed by atoms with Gasteiger partial charge in [0.05, 0.1) is 32.9 Å². The molecule has 1 saturated heterocycles. The zero-order chi connectivity index (χ0) is 19.9. The van der Waals surface area contributed by atoms with Gasteiger partial charge in [0.2, 0.25) is 0 Å². The van der Waals surface area contributed by atoms with E-state index in [9.17, 15) is 9.90 Å². The number of rotatable bonds is 8. The van der Waals surface area contributed by atoms with Crippen LogP contribution in [0.15, 0.2) is 36.4 Å². The van der Waals surface area contributed by atoms with Crippen molar-refractivity contribution in [2.45, 2.75) is 13.5 Å². The van der Waals surface area contributed by atoms with Crippen molar-refractivity contribution in [3.05, 3.63) is 47.5 Å². The summed E-state index contributed by atoms with van der Waals surface area (Å²) in [6.07, 6.45) is 0. The minimum Gasteiger partial charge on any atom is -0.545 e. The Labute approximate surface area is 164 Å². The Morgan fingerprint density at radius 2 is 1.96 bits per heavy atom. The summed E-state index contributed by atoms with van der Waals surface area (Å²) < 4.78 is 16.2. The Bertz CT molecular complexity index is 818. The Balaban J connectivity index is 1.74.